The number of ether oxygens (including phenoxy) is 1. The van der Waals surface area contributed by atoms with E-state index < -0.39 is 12.1 Å². The van der Waals surface area contributed by atoms with E-state index in [9.17, 15) is 9.90 Å². The number of aromatic hydroxyl groups is 1. The predicted octanol–water partition coefficient (Wildman–Crippen LogP) is 1.54. The Morgan fingerprint density at radius 2 is 2.00 bits per heavy atom. The molecule has 0 aliphatic carbocycles. The number of phenolic OH excluding ortho intramolecular Hbond substituents is 1. The van der Waals surface area contributed by atoms with E-state index >= 15 is 0 Å². The van der Waals surface area contributed by atoms with Gasteiger partial charge in [-0.3, -0.25) is 0 Å². The molecule has 0 radical (unpaired) electrons. The summed E-state index contributed by atoms with van der Waals surface area (Å²) in [5.74, 6) is -0.527. The average Bonchev–Trinajstić information content (AvgIpc) is 2.28. The molecule has 4 nitrogen and oxygen atoms in total. The number of carbonyl (C=O) groups is 1. The number of benzene rings is 1. The van der Waals surface area contributed by atoms with Crippen LogP contribution in [-0.4, -0.2) is 22.8 Å². The van der Waals surface area contributed by atoms with Crippen molar-refractivity contribution in [1.29, 1.82) is 0 Å². The zero-order valence-electron chi connectivity index (χ0n) is 9.01. The Hall–Kier alpha value is -1.81. The van der Waals surface area contributed by atoms with E-state index in [-0.39, 0.29) is 17.9 Å². The number of esters is 1. The maximum absolute atomic E-state index is 11.3. The molecule has 0 amide bonds. The standard InChI is InChI=1S/C12H14O4/c1-3-16-12(15)8(2)11(14)9-4-6-10(13)7-5-9/h4-7,11,13-14H,2-3H2,1H3. The van der Waals surface area contributed by atoms with Crippen molar-refractivity contribution >= 4 is 5.97 Å². The summed E-state index contributed by atoms with van der Waals surface area (Å²) in [6.45, 7) is 5.40. The predicted molar refractivity (Wildman–Crippen MR) is 58.8 cm³/mol. The van der Waals surface area contributed by atoms with Crippen LogP contribution in [0.25, 0.3) is 0 Å². The van der Waals surface area contributed by atoms with E-state index in [1.165, 1.54) is 24.3 Å². The van der Waals surface area contributed by atoms with Crippen molar-refractivity contribution in [2.45, 2.75) is 13.0 Å². The maximum atomic E-state index is 11.3. The van der Waals surface area contributed by atoms with Gasteiger partial charge >= 0.3 is 5.97 Å². The number of carbonyl (C=O) groups excluding carboxylic acids is 1. The van der Waals surface area contributed by atoms with Crippen molar-refractivity contribution in [2.75, 3.05) is 6.61 Å². The molecule has 0 aromatic heterocycles. The molecule has 0 saturated heterocycles. The number of rotatable bonds is 4. The second kappa shape index (κ2) is 5.32. The molecule has 0 saturated carbocycles. The van der Waals surface area contributed by atoms with Crippen LogP contribution in [0.4, 0.5) is 0 Å². The summed E-state index contributed by atoms with van der Waals surface area (Å²) in [5, 5.41) is 18.9. The molecule has 16 heavy (non-hydrogen) atoms. The lowest BCUT2D eigenvalue weighted by molar-refractivity contribution is -0.139. The number of phenols is 1. The summed E-state index contributed by atoms with van der Waals surface area (Å²) in [6.07, 6.45) is -1.11. The molecule has 1 unspecified atom stereocenters. The van der Waals surface area contributed by atoms with Gasteiger partial charge in [0.15, 0.2) is 0 Å². The minimum absolute atomic E-state index is 0.0208. The normalized spacial score (nSPS) is 11.9. The van der Waals surface area contributed by atoms with E-state index in [4.69, 9.17) is 9.84 Å². The molecule has 0 fully saturated rings. The molecule has 0 aliphatic heterocycles. The van der Waals surface area contributed by atoms with Gasteiger partial charge in [0, 0.05) is 0 Å². The highest BCUT2D eigenvalue weighted by Crippen LogP contribution is 2.22. The van der Waals surface area contributed by atoms with E-state index in [2.05, 4.69) is 6.58 Å². The Bertz CT molecular complexity index is 381. The fourth-order valence-electron chi connectivity index (χ4n) is 1.19. The first-order chi connectivity index (χ1) is 7.56. The Morgan fingerprint density at radius 1 is 1.44 bits per heavy atom. The van der Waals surface area contributed by atoms with Crippen molar-refractivity contribution in [3.05, 3.63) is 42.0 Å². The van der Waals surface area contributed by atoms with Gasteiger partial charge in [0.25, 0.3) is 0 Å². The topological polar surface area (TPSA) is 66.8 Å². The Morgan fingerprint density at radius 3 is 2.50 bits per heavy atom. The van der Waals surface area contributed by atoms with Gasteiger partial charge < -0.3 is 14.9 Å². The van der Waals surface area contributed by atoms with Gasteiger partial charge in [0.05, 0.1) is 12.2 Å². The number of aliphatic hydroxyl groups excluding tert-OH is 1. The van der Waals surface area contributed by atoms with Crippen LogP contribution < -0.4 is 0 Å². The van der Waals surface area contributed by atoms with Gasteiger partial charge in [-0.25, -0.2) is 4.79 Å². The highest BCUT2D eigenvalue weighted by atomic mass is 16.5. The zero-order valence-corrected chi connectivity index (χ0v) is 9.01. The third kappa shape index (κ3) is 2.84. The van der Waals surface area contributed by atoms with Crippen molar-refractivity contribution < 1.29 is 19.7 Å². The minimum atomic E-state index is -1.11. The van der Waals surface area contributed by atoms with E-state index in [0.717, 1.165) is 0 Å². The molecule has 2 N–H and O–H groups in total. The second-order valence-electron chi connectivity index (χ2n) is 3.24. The van der Waals surface area contributed by atoms with E-state index in [1.807, 2.05) is 0 Å². The van der Waals surface area contributed by atoms with Crippen molar-refractivity contribution in [3.8, 4) is 5.75 Å². The third-order valence-corrected chi connectivity index (χ3v) is 2.08. The zero-order chi connectivity index (χ0) is 12.1. The molecule has 1 aromatic carbocycles. The summed E-state index contributed by atoms with van der Waals surface area (Å²) >= 11 is 0. The van der Waals surface area contributed by atoms with Crippen LogP contribution in [-0.2, 0) is 9.53 Å². The van der Waals surface area contributed by atoms with Gasteiger partial charge in [-0.15, -0.1) is 0 Å². The van der Waals surface area contributed by atoms with Crippen LogP contribution in [0, 0.1) is 0 Å². The molecule has 4 heteroatoms. The van der Waals surface area contributed by atoms with Gasteiger partial charge in [-0.2, -0.15) is 0 Å². The fourth-order valence-corrected chi connectivity index (χ4v) is 1.19. The van der Waals surface area contributed by atoms with Crippen molar-refractivity contribution in [3.63, 3.8) is 0 Å². The summed E-state index contributed by atoms with van der Waals surface area (Å²) in [5.41, 5.74) is 0.461. The molecule has 86 valence electrons. The SMILES string of the molecule is C=C(C(=O)OCC)C(O)c1ccc(O)cc1. The highest BCUT2D eigenvalue weighted by molar-refractivity contribution is 5.89. The largest absolute Gasteiger partial charge is 0.508 e. The Labute approximate surface area is 93.8 Å². The van der Waals surface area contributed by atoms with Crippen LogP contribution in [0.15, 0.2) is 36.4 Å². The monoisotopic (exact) mass is 222 g/mol. The number of aliphatic hydroxyl groups is 1. The van der Waals surface area contributed by atoms with Crippen LogP contribution in [0.2, 0.25) is 0 Å². The average molecular weight is 222 g/mol. The Kier molecular flexibility index (Phi) is 4.08. The van der Waals surface area contributed by atoms with Gasteiger partial charge in [-0.1, -0.05) is 18.7 Å². The lowest BCUT2D eigenvalue weighted by Gasteiger charge is -2.12. The van der Waals surface area contributed by atoms with Gasteiger partial charge in [0.1, 0.15) is 11.9 Å². The van der Waals surface area contributed by atoms with Crippen LogP contribution in [0.1, 0.15) is 18.6 Å². The maximum Gasteiger partial charge on any atom is 0.336 e. The first-order valence-corrected chi connectivity index (χ1v) is 4.89. The van der Waals surface area contributed by atoms with E-state index in [1.54, 1.807) is 6.92 Å². The molecule has 1 rings (SSSR count). The van der Waals surface area contributed by atoms with Crippen LogP contribution in [0.5, 0.6) is 5.75 Å². The Balaban J connectivity index is 2.77. The van der Waals surface area contributed by atoms with Gasteiger partial charge in [-0.05, 0) is 24.6 Å². The second-order valence-corrected chi connectivity index (χ2v) is 3.24. The number of hydrogen-bond donors (Lipinski definition) is 2. The molecule has 0 bridgehead atoms. The molecular weight excluding hydrogens is 208 g/mol. The minimum Gasteiger partial charge on any atom is -0.508 e. The first kappa shape index (κ1) is 12.3. The highest BCUT2D eigenvalue weighted by Gasteiger charge is 2.19. The van der Waals surface area contributed by atoms with Gasteiger partial charge in [0.2, 0.25) is 0 Å². The van der Waals surface area contributed by atoms with Crippen LogP contribution >= 0.6 is 0 Å². The molecule has 0 spiro atoms. The van der Waals surface area contributed by atoms with Crippen molar-refractivity contribution in [1.82, 2.24) is 0 Å². The summed E-state index contributed by atoms with van der Waals surface area (Å²) in [7, 11) is 0. The molecule has 1 aromatic rings. The smallest absolute Gasteiger partial charge is 0.336 e. The molecule has 0 heterocycles. The fraction of sp³-hybridized carbons (Fsp3) is 0.250. The molecular formula is C12H14O4. The number of hydrogen-bond acceptors (Lipinski definition) is 4. The lowest BCUT2D eigenvalue weighted by atomic mass is 10.0. The third-order valence-electron chi connectivity index (χ3n) is 2.08. The van der Waals surface area contributed by atoms with Crippen molar-refractivity contribution in [2.24, 2.45) is 0 Å². The summed E-state index contributed by atoms with van der Waals surface area (Å²) < 4.78 is 4.72. The summed E-state index contributed by atoms with van der Waals surface area (Å²) in [4.78, 5) is 11.3. The summed E-state index contributed by atoms with van der Waals surface area (Å²) in [6, 6.07) is 5.89. The van der Waals surface area contributed by atoms with E-state index in [0.29, 0.717) is 5.56 Å². The van der Waals surface area contributed by atoms with Crippen LogP contribution in [0.3, 0.4) is 0 Å². The molecule has 1 atom stereocenters. The lowest BCUT2D eigenvalue weighted by Crippen LogP contribution is -2.13. The first-order valence-electron chi connectivity index (χ1n) is 4.89. The quantitative estimate of drug-likeness (QED) is 0.599. The molecule has 0 aliphatic rings.